The average molecular weight is 727 g/mol. The second-order valence-corrected chi connectivity index (χ2v) is 16.4. The van der Waals surface area contributed by atoms with E-state index in [1.165, 1.54) is 105 Å². The van der Waals surface area contributed by atoms with Gasteiger partial charge in [0.05, 0.1) is 0 Å². The van der Waals surface area contributed by atoms with Gasteiger partial charge >= 0.3 is 0 Å². The van der Waals surface area contributed by atoms with Crippen LogP contribution in [0.5, 0.6) is 0 Å². The highest BCUT2D eigenvalue weighted by molar-refractivity contribution is 6.21. The summed E-state index contributed by atoms with van der Waals surface area (Å²) in [4.78, 5) is 0. The molecule has 0 heterocycles. The van der Waals surface area contributed by atoms with E-state index in [-0.39, 0.29) is 5.41 Å². The van der Waals surface area contributed by atoms with E-state index in [4.69, 9.17) is 0 Å². The van der Waals surface area contributed by atoms with Crippen LogP contribution in [0.15, 0.2) is 194 Å². The van der Waals surface area contributed by atoms with Crippen LogP contribution in [0.4, 0.5) is 0 Å². The molecule has 0 saturated heterocycles. The third-order valence-corrected chi connectivity index (χ3v) is 12.9. The van der Waals surface area contributed by atoms with E-state index in [1.807, 2.05) is 0 Å². The second kappa shape index (κ2) is 13.2. The van der Waals surface area contributed by atoms with E-state index in [0.717, 1.165) is 6.42 Å². The standard InChI is InChI=1S/C57H42/c1-57(2)53-35-45(39-22-20-38(21-23-39)44-29-26-37-12-6-7-15-43(37)34-44)30-32-47(53)48-33-31-46(36-54(48)57)40-24-27-42(28-25-40)56-51-18-10-8-16-49(51)55(41-13-4-3-5-14-41)50-17-9-11-19-52(50)56/h3-33,35-36,44H,34H2,1-2H3. The highest BCUT2D eigenvalue weighted by Crippen LogP contribution is 2.51. The van der Waals surface area contributed by atoms with Crippen LogP contribution in [0.25, 0.3) is 83.3 Å². The van der Waals surface area contributed by atoms with E-state index in [1.54, 1.807) is 0 Å². The summed E-state index contributed by atoms with van der Waals surface area (Å²) in [7, 11) is 0. The zero-order valence-electron chi connectivity index (χ0n) is 32.3. The lowest BCUT2D eigenvalue weighted by Crippen LogP contribution is -2.15. The van der Waals surface area contributed by atoms with E-state index in [9.17, 15) is 0 Å². The van der Waals surface area contributed by atoms with Gasteiger partial charge in [0.15, 0.2) is 0 Å². The summed E-state index contributed by atoms with van der Waals surface area (Å²) >= 11 is 0. The molecule has 1 atom stereocenters. The molecule has 2 aliphatic carbocycles. The minimum atomic E-state index is -0.116. The molecule has 9 aromatic rings. The van der Waals surface area contributed by atoms with Crippen molar-refractivity contribution in [3.63, 3.8) is 0 Å². The predicted molar refractivity (Wildman–Crippen MR) is 243 cm³/mol. The summed E-state index contributed by atoms with van der Waals surface area (Å²) < 4.78 is 0. The summed E-state index contributed by atoms with van der Waals surface area (Å²) in [6.07, 6.45) is 5.71. The van der Waals surface area contributed by atoms with Crippen molar-refractivity contribution in [1.82, 2.24) is 0 Å². The highest BCUT2D eigenvalue weighted by atomic mass is 14.4. The Balaban J connectivity index is 0.905. The molecule has 270 valence electrons. The Morgan fingerprint density at radius 2 is 0.842 bits per heavy atom. The Morgan fingerprint density at radius 3 is 1.40 bits per heavy atom. The van der Waals surface area contributed by atoms with Crippen LogP contribution in [0.3, 0.4) is 0 Å². The van der Waals surface area contributed by atoms with Gasteiger partial charge in [-0.1, -0.05) is 202 Å². The fourth-order valence-corrected chi connectivity index (χ4v) is 9.84. The van der Waals surface area contributed by atoms with Crippen LogP contribution in [0.1, 0.15) is 47.6 Å². The summed E-state index contributed by atoms with van der Waals surface area (Å²) in [5, 5.41) is 5.13. The fourth-order valence-electron chi connectivity index (χ4n) is 9.84. The molecule has 1 unspecified atom stereocenters. The van der Waals surface area contributed by atoms with Crippen molar-refractivity contribution in [2.75, 3.05) is 0 Å². The SMILES string of the molecule is CC1(C)c2cc(-c3ccc(-c4c5ccccc5c(-c5ccccc5)c5ccccc45)cc3)ccc2-c2ccc(-c3ccc(C4C=Cc5ccccc5C4)cc3)cc21. The lowest BCUT2D eigenvalue weighted by atomic mass is 9.80. The van der Waals surface area contributed by atoms with Gasteiger partial charge in [-0.3, -0.25) is 0 Å². The lowest BCUT2D eigenvalue weighted by Gasteiger charge is -2.23. The topological polar surface area (TPSA) is 0 Å². The first-order valence-corrected chi connectivity index (χ1v) is 20.3. The van der Waals surface area contributed by atoms with Crippen molar-refractivity contribution in [2.24, 2.45) is 0 Å². The molecule has 0 saturated carbocycles. The molecule has 0 heteroatoms. The first-order valence-electron chi connectivity index (χ1n) is 20.3. The maximum absolute atomic E-state index is 2.44. The zero-order valence-corrected chi connectivity index (χ0v) is 32.3. The third kappa shape index (κ3) is 5.51. The number of hydrogen-bond donors (Lipinski definition) is 0. The van der Waals surface area contributed by atoms with Crippen LogP contribution in [0.2, 0.25) is 0 Å². The molecule has 0 N–H and O–H groups in total. The largest absolute Gasteiger partial charge is 0.0761 e. The van der Waals surface area contributed by atoms with Gasteiger partial charge in [-0.2, -0.15) is 0 Å². The summed E-state index contributed by atoms with van der Waals surface area (Å²) in [5.41, 5.74) is 19.6. The Morgan fingerprint density at radius 1 is 0.404 bits per heavy atom. The van der Waals surface area contributed by atoms with Crippen molar-refractivity contribution in [3.8, 4) is 55.6 Å². The molecule has 0 fully saturated rings. The predicted octanol–water partition coefficient (Wildman–Crippen LogP) is 15.3. The normalized spacial score (nSPS) is 15.0. The van der Waals surface area contributed by atoms with Gasteiger partial charge in [-0.15, -0.1) is 0 Å². The number of fused-ring (bicyclic) bond motifs is 6. The molecule has 11 rings (SSSR count). The Labute approximate surface area is 335 Å². The van der Waals surface area contributed by atoms with Crippen LogP contribution in [-0.4, -0.2) is 0 Å². The van der Waals surface area contributed by atoms with Crippen LogP contribution < -0.4 is 0 Å². The van der Waals surface area contributed by atoms with Gasteiger partial charge in [-0.05, 0) is 124 Å². The first kappa shape index (κ1) is 33.6. The van der Waals surface area contributed by atoms with Gasteiger partial charge < -0.3 is 0 Å². The fraction of sp³-hybridized carbons (Fsp3) is 0.0877. The average Bonchev–Trinajstić information content (AvgIpc) is 3.50. The molecular weight excluding hydrogens is 685 g/mol. The van der Waals surface area contributed by atoms with E-state index < -0.39 is 0 Å². The van der Waals surface area contributed by atoms with Crippen molar-refractivity contribution in [2.45, 2.75) is 31.6 Å². The molecule has 0 amide bonds. The molecule has 0 nitrogen and oxygen atoms in total. The molecule has 0 aliphatic heterocycles. The quantitative estimate of drug-likeness (QED) is 0.155. The van der Waals surface area contributed by atoms with Crippen molar-refractivity contribution in [1.29, 1.82) is 0 Å². The van der Waals surface area contributed by atoms with Crippen LogP contribution in [-0.2, 0) is 11.8 Å². The van der Waals surface area contributed by atoms with Crippen molar-refractivity contribution >= 4 is 27.6 Å². The maximum atomic E-state index is 2.44. The molecule has 0 aromatic heterocycles. The second-order valence-electron chi connectivity index (χ2n) is 16.4. The Kier molecular flexibility index (Phi) is 7.76. The highest BCUT2D eigenvalue weighted by Gasteiger charge is 2.36. The zero-order chi connectivity index (χ0) is 38.1. The van der Waals surface area contributed by atoms with Crippen molar-refractivity contribution in [3.05, 3.63) is 222 Å². The number of benzene rings is 9. The minimum absolute atomic E-state index is 0.116. The number of rotatable bonds is 5. The number of allylic oxidation sites excluding steroid dienone is 1. The van der Waals surface area contributed by atoms with E-state index in [2.05, 4.69) is 214 Å². The molecule has 0 radical (unpaired) electrons. The summed E-state index contributed by atoms with van der Waals surface area (Å²) in [5.74, 6) is 0.416. The Bertz CT molecular complexity index is 2970. The molecule has 0 spiro atoms. The van der Waals surface area contributed by atoms with Gasteiger partial charge in [0.1, 0.15) is 0 Å². The maximum Gasteiger partial charge on any atom is 0.0159 e. The smallest absolute Gasteiger partial charge is 0.0159 e. The van der Waals surface area contributed by atoms with Gasteiger partial charge in [0.2, 0.25) is 0 Å². The van der Waals surface area contributed by atoms with Crippen LogP contribution in [0, 0.1) is 0 Å². The summed E-state index contributed by atoms with van der Waals surface area (Å²) in [6.45, 7) is 4.78. The number of hydrogen-bond acceptors (Lipinski definition) is 0. The Hall–Kier alpha value is -6.76. The van der Waals surface area contributed by atoms with E-state index >= 15 is 0 Å². The minimum Gasteiger partial charge on any atom is -0.0761 e. The molecular formula is C57H42. The first-order chi connectivity index (χ1) is 28.0. The summed E-state index contributed by atoms with van der Waals surface area (Å²) in [6, 6.07) is 70.1. The van der Waals surface area contributed by atoms with Crippen molar-refractivity contribution < 1.29 is 0 Å². The molecule has 9 aromatic carbocycles. The van der Waals surface area contributed by atoms with Gasteiger partial charge in [-0.25, -0.2) is 0 Å². The molecule has 57 heavy (non-hydrogen) atoms. The molecule has 2 aliphatic rings. The third-order valence-electron chi connectivity index (χ3n) is 12.9. The van der Waals surface area contributed by atoms with Gasteiger partial charge in [0.25, 0.3) is 0 Å². The van der Waals surface area contributed by atoms with Gasteiger partial charge in [0, 0.05) is 11.3 Å². The monoisotopic (exact) mass is 726 g/mol. The van der Waals surface area contributed by atoms with E-state index in [0.29, 0.717) is 5.92 Å². The van der Waals surface area contributed by atoms with Crippen LogP contribution >= 0.6 is 0 Å². The molecule has 0 bridgehead atoms. The lowest BCUT2D eigenvalue weighted by molar-refractivity contribution is 0.661.